The molecule has 1 atom stereocenters. The maximum Gasteiger partial charge on any atom is 0.245 e. The van der Waals surface area contributed by atoms with Gasteiger partial charge in [-0.05, 0) is 30.1 Å². The van der Waals surface area contributed by atoms with Crippen LogP contribution >= 0.6 is 11.3 Å². The maximum absolute atomic E-state index is 4.73. The molecule has 3 aromatic rings. The number of rotatable bonds is 4. The lowest BCUT2D eigenvalue weighted by atomic mass is 10.3. The van der Waals surface area contributed by atoms with E-state index in [9.17, 15) is 0 Å². The van der Waals surface area contributed by atoms with Crippen molar-refractivity contribution in [3.8, 4) is 0 Å². The highest BCUT2D eigenvalue weighted by atomic mass is 32.1. The van der Waals surface area contributed by atoms with Gasteiger partial charge in [0, 0.05) is 24.7 Å². The lowest BCUT2D eigenvalue weighted by molar-refractivity contribution is 0.314. The minimum atomic E-state index is 0.0490. The van der Waals surface area contributed by atoms with Gasteiger partial charge in [-0.3, -0.25) is 0 Å². The molecule has 22 heavy (non-hydrogen) atoms. The summed E-state index contributed by atoms with van der Waals surface area (Å²) < 4.78 is 4.73. The predicted octanol–water partition coefficient (Wildman–Crippen LogP) is 2.24. The van der Waals surface area contributed by atoms with Crippen molar-refractivity contribution in [1.82, 2.24) is 25.3 Å². The third-order valence-corrected chi connectivity index (χ3v) is 4.63. The van der Waals surface area contributed by atoms with E-state index in [-0.39, 0.29) is 6.04 Å². The molecule has 1 aliphatic heterocycles. The van der Waals surface area contributed by atoms with Gasteiger partial charge in [0.05, 0.1) is 6.04 Å². The molecule has 1 aliphatic rings. The monoisotopic (exact) mass is 317 g/mol. The fraction of sp³-hybridized carbons (Fsp3) is 0.462. The number of hydrogen-bond donors (Lipinski definition) is 1. The minimum absolute atomic E-state index is 0.0490. The molecule has 3 aromatic heterocycles. The van der Waals surface area contributed by atoms with E-state index in [4.69, 9.17) is 4.63 Å². The van der Waals surface area contributed by atoms with Gasteiger partial charge in [0.1, 0.15) is 5.01 Å². The molecule has 1 N–H and O–H groups in total. The normalized spacial score (nSPS) is 16.3. The molecule has 0 saturated carbocycles. The summed E-state index contributed by atoms with van der Waals surface area (Å²) in [7, 11) is 0. The van der Waals surface area contributed by atoms with E-state index >= 15 is 0 Å². The van der Waals surface area contributed by atoms with Gasteiger partial charge in [-0.2, -0.15) is 0 Å². The molecule has 8 nitrogen and oxygen atoms in total. The number of nitrogens with one attached hydrogen (secondary N) is 1. The molecule has 0 spiro atoms. The number of nitrogens with zero attached hydrogens (tertiary/aromatic N) is 6. The smallest absolute Gasteiger partial charge is 0.245 e. The third kappa shape index (κ3) is 2.37. The fourth-order valence-electron chi connectivity index (χ4n) is 2.59. The number of fused-ring (bicyclic) bond motifs is 1. The standard InChI is InChI=1S/C13H15N7OS/c1-8(13-14-4-7-22-13)15-11-12(20-5-2-3-6-20)17-10-9(16-11)18-21-19-10/h4,7-8H,2-3,5-6H2,1H3,(H,15,16,18). The van der Waals surface area contributed by atoms with Crippen LogP contribution in [-0.2, 0) is 0 Å². The number of hydrogen-bond acceptors (Lipinski definition) is 9. The molecule has 0 aromatic carbocycles. The Morgan fingerprint density at radius 1 is 1.23 bits per heavy atom. The summed E-state index contributed by atoms with van der Waals surface area (Å²) in [5.41, 5.74) is 0.853. The van der Waals surface area contributed by atoms with Gasteiger partial charge >= 0.3 is 0 Å². The first-order chi connectivity index (χ1) is 10.8. The van der Waals surface area contributed by atoms with Crippen LogP contribution < -0.4 is 10.2 Å². The largest absolute Gasteiger partial charge is 0.358 e. The Kier molecular flexibility index (Phi) is 3.34. The molecule has 0 radical (unpaired) electrons. The second kappa shape index (κ2) is 5.48. The Labute approximate surface area is 130 Å². The Morgan fingerprint density at radius 2 is 2.00 bits per heavy atom. The number of aromatic nitrogens is 5. The van der Waals surface area contributed by atoms with Crippen molar-refractivity contribution < 1.29 is 4.63 Å². The molecular weight excluding hydrogens is 302 g/mol. The van der Waals surface area contributed by atoms with Crippen molar-refractivity contribution in [3.05, 3.63) is 16.6 Å². The first-order valence-electron chi connectivity index (χ1n) is 7.22. The highest BCUT2D eigenvalue weighted by Gasteiger charge is 2.22. The highest BCUT2D eigenvalue weighted by Crippen LogP contribution is 2.30. The summed E-state index contributed by atoms with van der Waals surface area (Å²) in [5, 5.41) is 13.9. The average molecular weight is 317 g/mol. The van der Waals surface area contributed by atoms with Gasteiger partial charge in [-0.15, -0.1) is 11.3 Å². The molecule has 4 heterocycles. The van der Waals surface area contributed by atoms with Gasteiger partial charge in [0.15, 0.2) is 11.6 Å². The van der Waals surface area contributed by atoms with Crippen LogP contribution in [0, 0.1) is 0 Å². The first-order valence-corrected chi connectivity index (χ1v) is 8.10. The number of anilines is 2. The van der Waals surface area contributed by atoms with Gasteiger partial charge in [-0.1, -0.05) is 0 Å². The Bertz CT molecular complexity index is 766. The van der Waals surface area contributed by atoms with Crippen LogP contribution in [0.3, 0.4) is 0 Å². The van der Waals surface area contributed by atoms with Crippen molar-refractivity contribution in [2.24, 2.45) is 0 Å². The second-order valence-corrected chi connectivity index (χ2v) is 6.16. The Hall–Kier alpha value is -2.29. The van der Waals surface area contributed by atoms with Crippen molar-refractivity contribution in [3.63, 3.8) is 0 Å². The van der Waals surface area contributed by atoms with Crippen LogP contribution in [0.4, 0.5) is 11.6 Å². The van der Waals surface area contributed by atoms with E-state index in [0.717, 1.165) is 36.8 Å². The van der Waals surface area contributed by atoms with E-state index in [1.807, 2.05) is 5.38 Å². The summed E-state index contributed by atoms with van der Waals surface area (Å²) in [5.74, 6) is 1.51. The first kappa shape index (κ1) is 13.4. The molecule has 1 fully saturated rings. The lowest BCUT2D eigenvalue weighted by Crippen LogP contribution is -2.22. The van der Waals surface area contributed by atoms with Crippen molar-refractivity contribution in [2.75, 3.05) is 23.3 Å². The van der Waals surface area contributed by atoms with Crippen LogP contribution in [-0.4, -0.2) is 38.4 Å². The van der Waals surface area contributed by atoms with Crippen molar-refractivity contribution in [1.29, 1.82) is 0 Å². The SMILES string of the molecule is CC(Nc1nc2nonc2nc1N1CCCC1)c1nccs1. The summed E-state index contributed by atoms with van der Waals surface area (Å²) in [6.45, 7) is 4.01. The number of thiazole rings is 1. The molecule has 0 aliphatic carbocycles. The van der Waals surface area contributed by atoms with Crippen LogP contribution in [0.2, 0.25) is 0 Å². The predicted molar refractivity (Wildman–Crippen MR) is 83.0 cm³/mol. The summed E-state index contributed by atoms with van der Waals surface area (Å²) >= 11 is 1.61. The summed E-state index contributed by atoms with van der Waals surface area (Å²) in [6.07, 6.45) is 4.13. The Morgan fingerprint density at radius 3 is 2.73 bits per heavy atom. The molecule has 0 bridgehead atoms. The van der Waals surface area contributed by atoms with Crippen LogP contribution in [0.5, 0.6) is 0 Å². The molecule has 114 valence electrons. The quantitative estimate of drug-likeness (QED) is 0.783. The zero-order valence-corrected chi connectivity index (χ0v) is 12.9. The van der Waals surface area contributed by atoms with Crippen LogP contribution in [0.1, 0.15) is 30.8 Å². The van der Waals surface area contributed by atoms with Gasteiger partial charge < -0.3 is 10.2 Å². The topological polar surface area (TPSA) is 92.9 Å². The van der Waals surface area contributed by atoms with E-state index in [2.05, 4.69) is 42.4 Å². The van der Waals surface area contributed by atoms with E-state index in [1.54, 1.807) is 17.5 Å². The molecular formula is C13H15N7OS. The minimum Gasteiger partial charge on any atom is -0.358 e. The second-order valence-electron chi connectivity index (χ2n) is 5.24. The zero-order valence-electron chi connectivity index (χ0n) is 12.1. The Balaban J connectivity index is 1.72. The highest BCUT2D eigenvalue weighted by molar-refractivity contribution is 7.09. The maximum atomic E-state index is 4.73. The van der Waals surface area contributed by atoms with Gasteiger partial charge in [-0.25, -0.2) is 19.6 Å². The molecule has 1 unspecified atom stereocenters. The average Bonchev–Trinajstić information content (AvgIpc) is 3.27. The van der Waals surface area contributed by atoms with Crippen LogP contribution in [0.15, 0.2) is 16.2 Å². The van der Waals surface area contributed by atoms with Gasteiger partial charge in [0.25, 0.3) is 0 Å². The van der Waals surface area contributed by atoms with Gasteiger partial charge in [0.2, 0.25) is 11.3 Å². The lowest BCUT2D eigenvalue weighted by Gasteiger charge is -2.21. The van der Waals surface area contributed by atoms with Crippen molar-refractivity contribution in [2.45, 2.75) is 25.8 Å². The van der Waals surface area contributed by atoms with E-state index < -0.39 is 0 Å². The fourth-order valence-corrected chi connectivity index (χ4v) is 3.24. The molecule has 4 rings (SSSR count). The van der Waals surface area contributed by atoms with Crippen molar-refractivity contribution >= 4 is 34.3 Å². The molecule has 1 saturated heterocycles. The van der Waals surface area contributed by atoms with Crippen LogP contribution in [0.25, 0.3) is 11.3 Å². The third-order valence-electron chi connectivity index (χ3n) is 3.68. The van der Waals surface area contributed by atoms with E-state index in [1.165, 1.54) is 0 Å². The molecule has 0 amide bonds. The molecule has 9 heteroatoms. The zero-order chi connectivity index (χ0) is 14.9. The summed E-state index contributed by atoms with van der Waals surface area (Å²) in [4.78, 5) is 15.7. The van der Waals surface area contributed by atoms with E-state index in [0.29, 0.717) is 17.1 Å². The summed E-state index contributed by atoms with van der Waals surface area (Å²) in [6, 6.07) is 0.0490.